The smallest absolute Gasteiger partial charge is 0.155 e. The monoisotopic (exact) mass is 178 g/mol. The highest BCUT2D eigenvalue weighted by Gasteiger charge is 2.20. The molecule has 1 aromatic carbocycles. The Kier molecular flexibility index (Phi) is 2.62. The molecule has 0 N–H and O–H groups in total. The van der Waals surface area contributed by atoms with Crippen LogP contribution in [-0.4, -0.2) is 12.9 Å². The maximum atomic E-state index is 5.65. The van der Waals surface area contributed by atoms with Crippen LogP contribution in [-0.2, 0) is 9.47 Å². The molecule has 1 aliphatic rings. The van der Waals surface area contributed by atoms with Crippen molar-refractivity contribution in [3.05, 3.63) is 35.9 Å². The summed E-state index contributed by atoms with van der Waals surface area (Å²) in [7, 11) is 0. The van der Waals surface area contributed by atoms with Gasteiger partial charge >= 0.3 is 0 Å². The summed E-state index contributed by atoms with van der Waals surface area (Å²) < 4.78 is 11.0. The number of ether oxygens (including phenoxy) is 2. The fourth-order valence-corrected chi connectivity index (χ4v) is 1.59. The molecule has 1 aromatic rings. The van der Waals surface area contributed by atoms with E-state index in [1.165, 1.54) is 5.56 Å². The first kappa shape index (κ1) is 8.73. The molecule has 1 unspecified atom stereocenters. The third-order valence-corrected chi connectivity index (χ3v) is 2.26. The van der Waals surface area contributed by atoms with Gasteiger partial charge < -0.3 is 9.47 Å². The molecular weight excluding hydrogens is 164 g/mol. The average Bonchev–Trinajstić information content (AvgIpc) is 2.19. The summed E-state index contributed by atoms with van der Waals surface area (Å²) in [6.45, 7) is 2.73. The molecule has 2 atom stereocenters. The number of rotatable bonds is 1. The molecular formula is C11H14O2. The van der Waals surface area contributed by atoms with Gasteiger partial charge in [0.15, 0.2) is 6.29 Å². The lowest BCUT2D eigenvalue weighted by molar-refractivity contribution is -0.204. The minimum atomic E-state index is -0.0704. The van der Waals surface area contributed by atoms with Crippen LogP contribution in [0.3, 0.4) is 0 Å². The Balaban J connectivity index is 2.08. The molecule has 0 amide bonds. The summed E-state index contributed by atoms with van der Waals surface area (Å²) >= 11 is 0. The first-order valence-electron chi connectivity index (χ1n) is 4.68. The van der Waals surface area contributed by atoms with Crippen molar-refractivity contribution in [2.75, 3.05) is 6.61 Å². The summed E-state index contributed by atoms with van der Waals surface area (Å²) in [4.78, 5) is 0. The van der Waals surface area contributed by atoms with Gasteiger partial charge in [-0.3, -0.25) is 0 Å². The van der Waals surface area contributed by atoms with E-state index in [4.69, 9.17) is 9.47 Å². The standard InChI is InChI=1S/C11H14O2/c1-9-12-8-7-11(13-9)10-5-3-2-4-6-10/h2-6,9,11H,7-8H2,1H3/t9?,11-/m1/s1. The van der Waals surface area contributed by atoms with Gasteiger partial charge in [-0.2, -0.15) is 0 Å². The van der Waals surface area contributed by atoms with Gasteiger partial charge in [-0.1, -0.05) is 30.3 Å². The van der Waals surface area contributed by atoms with Gasteiger partial charge in [-0.05, 0) is 12.5 Å². The molecule has 1 aliphatic heterocycles. The van der Waals surface area contributed by atoms with Crippen LogP contribution in [0.5, 0.6) is 0 Å². The van der Waals surface area contributed by atoms with Crippen molar-refractivity contribution in [2.45, 2.75) is 25.7 Å². The Labute approximate surface area is 78.5 Å². The Hall–Kier alpha value is -0.860. The first-order valence-corrected chi connectivity index (χ1v) is 4.68. The van der Waals surface area contributed by atoms with Gasteiger partial charge in [0.25, 0.3) is 0 Å². The van der Waals surface area contributed by atoms with E-state index in [1.54, 1.807) is 0 Å². The lowest BCUT2D eigenvalue weighted by atomic mass is 10.1. The minimum absolute atomic E-state index is 0.0704. The number of hydrogen-bond acceptors (Lipinski definition) is 2. The van der Waals surface area contributed by atoms with Crippen LogP contribution in [0.25, 0.3) is 0 Å². The summed E-state index contributed by atoms with van der Waals surface area (Å²) in [6, 6.07) is 10.3. The SMILES string of the molecule is CC1OCC[C@H](c2ccccc2)O1. The largest absolute Gasteiger partial charge is 0.353 e. The van der Waals surface area contributed by atoms with E-state index in [-0.39, 0.29) is 12.4 Å². The third kappa shape index (κ3) is 2.08. The van der Waals surface area contributed by atoms with E-state index in [2.05, 4.69) is 12.1 Å². The van der Waals surface area contributed by atoms with Gasteiger partial charge in [0.05, 0.1) is 12.7 Å². The van der Waals surface area contributed by atoms with Gasteiger partial charge in [0, 0.05) is 6.42 Å². The molecule has 0 saturated carbocycles. The van der Waals surface area contributed by atoms with Crippen LogP contribution in [0, 0.1) is 0 Å². The molecule has 2 rings (SSSR count). The molecule has 2 nitrogen and oxygen atoms in total. The van der Waals surface area contributed by atoms with Crippen molar-refractivity contribution in [1.29, 1.82) is 0 Å². The lowest BCUT2D eigenvalue weighted by Crippen LogP contribution is -2.24. The highest BCUT2D eigenvalue weighted by Crippen LogP contribution is 2.26. The highest BCUT2D eigenvalue weighted by molar-refractivity contribution is 5.17. The molecule has 0 radical (unpaired) electrons. The van der Waals surface area contributed by atoms with E-state index in [0.29, 0.717) is 0 Å². The van der Waals surface area contributed by atoms with E-state index >= 15 is 0 Å². The molecule has 0 bridgehead atoms. The average molecular weight is 178 g/mol. The second kappa shape index (κ2) is 3.90. The van der Waals surface area contributed by atoms with Crippen LogP contribution in [0.4, 0.5) is 0 Å². The maximum Gasteiger partial charge on any atom is 0.155 e. The summed E-state index contributed by atoms with van der Waals surface area (Å²) in [5.41, 5.74) is 1.25. The quantitative estimate of drug-likeness (QED) is 0.657. The van der Waals surface area contributed by atoms with Gasteiger partial charge in [-0.25, -0.2) is 0 Å². The van der Waals surface area contributed by atoms with Crippen molar-refractivity contribution in [3.63, 3.8) is 0 Å². The van der Waals surface area contributed by atoms with Crippen molar-refractivity contribution >= 4 is 0 Å². The molecule has 1 saturated heterocycles. The second-order valence-electron chi connectivity index (χ2n) is 3.26. The van der Waals surface area contributed by atoms with E-state index in [9.17, 15) is 0 Å². The molecule has 13 heavy (non-hydrogen) atoms. The molecule has 0 aliphatic carbocycles. The third-order valence-electron chi connectivity index (χ3n) is 2.26. The topological polar surface area (TPSA) is 18.5 Å². The van der Waals surface area contributed by atoms with Crippen LogP contribution >= 0.6 is 0 Å². The Morgan fingerprint density at radius 1 is 1.23 bits per heavy atom. The molecule has 1 fully saturated rings. The lowest BCUT2D eigenvalue weighted by Gasteiger charge is -2.28. The van der Waals surface area contributed by atoms with Crippen molar-refractivity contribution in [1.82, 2.24) is 0 Å². The summed E-state index contributed by atoms with van der Waals surface area (Å²) in [5, 5.41) is 0. The molecule has 70 valence electrons. The molecule has 2 heteroatoms. The fourth-order valence-electron chi connectivity index (χ4n) is 1.59. The highest BCUT2D eigenvalue weighted by atomic mass is 16.7. The van der Waals surface area contributed by atoms with E-state index in [0.717, 1.165) is 13.0 Å². The van der Waals surface area contributed by atoms with Crippen LogP contribution < -0.4 is 0 Å². The number of benzene rings is 1. The van der Waals surface area contributed by atoms with Crippen LogP contribution in [0.1, 0.15) is 25.0 Å². The fraction of sp³-hybridized carbons (Fsp3) is 0.455. The van der Waals surface area contributed by atoms with Gasteiger partial charge in [0.1, 0.15) is 0 Å². The van der Waals surface area contributed by atoms with Crippen molar-refractivity contribution in [3.8, 4) is 0 Å². The Morgan fingerprint density at radius 3 is 2.69 bits per heavy atom. The molecule has 0 spiro atoms. The van der Waals surface area contributed by atoms with Crippen LogP contribution in [0.2, 0.25) is 0 Å². The molecule has 0 aromatic heterocycles. The predicted octanol–water partition coefficient (Wildman–Crippen LogP) is 2.51. The zero-order valence-corrected chi connectivity index (χ0v) is 7.77. The zero-order valence-electron chi connectivity index (χ0n) is 7.77. The maximum absolute atomic E-state index is 5.65. The Morgan fingerprint density at radius 2 is 2.00 bits per heavy atom. The second-order valence-corrected chi connectivity index (χ2v) is 3.26. The zero-order chi connectivity index (χ0) is 9.10. The Bertz CT molecular complexity index is 258. The van der Waals surface area contributed by atoms with Crippen molar-refractivity contribution < 1.29 is 9.47 Å². The molecule has 1 heterocycles. The van der Waals surface area contributed by atoms with Crippen molar-refractivity contribution in [2.24, 2.45) is 0 Å². The normalized spacial score (nSPS) is 28.7. The van der Waals surface area contributed by atoms with Crippen LogP contribution in [0.15, 0.2) is 30.3 Å². The van der Waals surface area contributed by atoms with Gasteiger partial charge in [0.2, 0.25) is 0 Å². The summed E-state index contributed by atoms with van der Waals surface area (Å²) in [6.07, 6.45) is 1.10. The minimum Gasteiger partial charge on any atom is -0.353 e. The van der Waals surface area contributed by atoms with E-state index in [1.807, 2.05) is 25.1 Å². The summed E-state index contributed by atoms with van der Waals surface area (Å²) in [5.74, 6) is 0. The van der Waals surface area contributed by atoms with Gasteiger partial charge in [-0.15, -0.1) is 0 Å². The van der Waals surface area contributed by atoms with E-state index < -0.39 is 0 Å². The number of hydrogen-bond donors (Lipinski definition) is 0. The predicted molar refractivity (Wildman–Crippen MR) is 50.3 cm³/mol. The first-order chi connectivity index (χ1) is 6.36.